The monoisotopic (exact) mass is 217 g/mol. The fraction of sp³-hybridized carbons (Fsp3) is 0.444. The summed E-state index contributed by atoms with van der Waals surface area (Å²) in [4.78, 5) is 19.8. The van der Waals surface area contributed by atoms with Gasteiger partial charge in [-0.1, -0.05) is 12.2 Å². The first kappa shape index (κ1) is 13.0. The average Bonchev–Trinajstić information content (AvgIpc) is 2.13. The maximum absolute atomic E-state index is 11.2. The van der Waals surface area contributed by atoms with Crippen LogP contribution in [0.15, 0.2) is 24.3 Å². The van der Waals surface area contributed by atoms with Crippen LogP contribution in [0.2, 0.25) is 0 Å². The van der Waals surface area contributed by atoms with Gasteiger partial charge in [-0.15, -0.1) is 6.58 Å². The number of carbonyl (C=O) groups excluding carboxylic acids is 1. The van der Waals surface area contributed by atoms with Crippen molar-refractivity contribution in [2.45, 2.75) is 26.1 Å². The van der Waals surface area contributed by atoms with Gasteiger partial charge in [-0.25, -0.2) is 4.79 Å². The van der Waals surface area contributed by atoms with Crippen LogP contribution in [0.5, 0.6) is 0 Å². The Morgan fingerprint density at radius 3 is 2.71 bits per heavy atom. The minimum absolute atomic E-state index is 0.411. The van der Waals surface area contributed by atoms with E-state index in [-0.39, 0.29) is 0 Å². The molecule has 0 spiro atoms. The summed E-state index contributed by atoms with van der Waals surface area (Å²) in [5.74, 6) is -1.54. The molecule has 0 heterocycles. The number of rotatable bonds is 5. The summed E-state index contributed by atoms with van der Waals surface area (Å²) < 4.78 is 15.2. The molecule has 0 saturated heterocycles. The van der Waals surface area contributed by atoms with Crippen molar-refractivity contribution in [1.29, 1.82) is 0 Å². The van der Waals surface area contributed by atoms with Crippen LogP contribution in [0.4, 0.5) is 0 Å². The quantitative estimate of drug-likeness (QED) is 0.331. The zero-order valence-corrected chi connectivity index (χ0v) is 9.16. The molecular weight excluding hydrogens is 203 g/mol. The topological polar surface area (TPSA) is 63.6 Å². The minimum Gasteiger partial charge on any atom is -0.410 e. The van der Waals surface area contributed by atoms with E-state index in [0.717, 1.165) is 0 Å². The van der Waals surface area contributed by atoms with E-state index in [1.165, 1.54) is 6.92 Å². The number of esters is 1. The van der Waals surface area contributed by atoms with Gasteiger partial charge in [-0.3, -0.25) is 0 Å². The molecule has 4 nitrogen and oxygen atoms in total. The lowest BCUT2D eigenvalue weighted by atomic mass is 10.2. The molecule has 0 aromatic rings. The second kappa shape index (κ2) is 6.46. The van der Waals surface area contributed by atoms with E-state index < -0.39 is 19.8 Å². The SMILES string of the molecule is C=CCC=C(C)C(=O)OC(C)[P+](=O)O. The summed E-state index contributed by atoms with van der Waals surface area (Å²) in [6, 6.07) is 0. The van der Waals surface area contributed by atoms with E-state index in [4.69, 9.17) is 9.63 Å². The molecule has 0 aromatic carbocycles. The lowest BCUT2D eigenvalue weighted by molar-refractivity contribution is -0.140. The molecule has 5 heteroatoms. The van der Waals surface area contributed by atoms with Gasteiger partial charge in [-0.2, -0.15) is 4.89 Å². The zero-order chi connectivity index (χ0) is 11.1. The van der Waals surface area contributed by atoms with E-state index in [2.05, 4.69) is 6.58 Å². The molecule has 0 rings (SSSR count). The van der Waals surface area contributed by atoms with Gasteiger partial charge in [0.25, 0.3) is 0 Å². The summed E-state index contributed by atoms with van der Waals surface area (Å²) in [5.41, 5.74) is 0.411. The van der Waals surface area contributed by atoms with E-state index in [1.54, 1.807) is 19.1 Å². The van der Waals surface area contributed by atoms with Crippen LogP contribution < -0.4 is 0 Å². The molecule has 2 atom stereocenters. The van der Waals surface area contributed by atoms with Gasteiger partial charge in [0.2, 0.25) is 0 Å². The predicted octanol–water partition coefficient (Wildman–Crippen LogP) is 2.13. The molecule has 0 amide bonds. The van der Waals surface area contributed by atoms with Gasteiger partial charge in [0.05, 0.1) is 0 Å². The molecule has 2 unspecified atom stereocenters. The third kappa shape index (κ3) is 4.90. The van der Waals surface area contributed by atoms with Crippen LogP contribution >= 0.6 is 8.03 Å². The van der Waals surface area contributed by atoms with Crippen LogP contribution in [0.25, 0.3) is 0 Å². The van der Waals surface area contributed by atoms with Crippen molar-refractivity contribution in [2.75, 3.05) is 0 Å². The lowest BCUT2D eigenvalue weighted by Gasteiger charge is -2.02. The highest BCUT2D eigenvalue weighted by Gasteiger charge is 2.27. The average molecular weight is 217 g/mol. The molecule has 1 N–H and O–H groups in total. The Hall–Kier alpha value is -0.990. The summed E-state index contributed by atoms with van der Waals surface area (Å²) >= 11 is 0. The normalized spacial score (nSPS) is 14.5. The van der Waals surface area contributed by atoms with Crippen LogP contribution in [-0.2, 0) is 14.1 Å². The van der Waals surface area contributed by atoms with Crippen molar-refractivity contribution in [1.82, 2.24) is 0 Å². The van der Waals surface area contributed by atoms with Crippen molar-refractivity contribution in [3.05, 3.63) is 24.3 Å². The van der Waals surface area contributed by atoms with Gasteiger partial charge in [-0.05, 0) is 17.9 Å². The Morgan fingerprint density at radius 2 is 2.29 bits per heavy atom. The molecule has 0 aliphatic carbocycles. The van der Waals surface area contributed by atoms with E-state index in [9.17, 15) is 9.36 Å². The third-order valence-corrected chi connectivity index (χ3v) is 2.23. The van der Waals surface area contributed by atoms with Gasteiger partial charge in [0.15, 0.2) is 0 Å². The molecule has 0 saturated carbocycles. The number of hydrogen-bond acceptors (Lipinski definition) is 3. The third-order valence-electron chi connectivity index (χ3n) is 1.50. The minimum atomic E-state index is -2.47. The first-order valence-corrected chi connectivity index (χ1v) is 5.41. The van der Waals surface area contributed by atoms with Crippen LogP contribution in [0.1, 0.15) is 20.3 Å². The van der Waals surface area contributed by atoms with Gasteiger partial charge < -0.3 is 4.74 Å². The van der Waals surface area contributed by atoms with Gasteiger partial charge in [0, 0.05) is 12.5 Å². The van der Waals surface area contributed by atoms with Crippen LogP contribution in [0.3, 0.4) is 0 Å². The smallest absolute Gasteiger partial charge is 0.410 e. The molecule has 0 bridgehead atoms. The molecule has 0 aromatic heterocycles. The Balaban J connectivity index is 4.20. The molecule has 0 fully saturated rings. The highest BCUT2D eigenvalue weighted by molar-refractivity contribution is 7.38. The van der Waals surface area contributed by atoms with Crippen LogP contribution in [-0.4, -0.2) is 16.7 Å². The predicted molar refractivity (Wildman–Crippen MR) is 54.0 cm³/mol. The zero-order valence-electron chi connectivity index (χ0n) is 8.27. The maximum Gasteiger partial charge on any atom is 0.550 e. The molecular formula is C9H14O4P+. The largest absolute Gasteiger partial charge is 0.550 e. The van der Waals surface area contributed by atoms with E-state index in [0.29, 0.717) is 12.0 Å². The Labute approximate surface area is 84.1 Å². The molecule has 0 radical (unpaired) electrons. The van der Waals surface area contributed by atoms with E-state index in [1.807, 2.05) is 0 Å². The summed E-state index contributed by atoms with van der Waals surface area (Å²) in [5, 5.41) is 0. The summed E-state index contributed by atoms with van der Waals surface area (Å²) in [6.07, 6.45) is 3.86. The van der Waals surface area contributed by atoms with Gasteiger partial charge >= 0.3 is 19.8 Å². The number of ether oxygens (including phenoxy) is 1. The lowest BCUT2D eigenvalue weighted by Crippen LogP contribution is -2.12. The van der Waals surface area contributed by atoms with Crippen molar-refractivity contribution < 1.29 is 19.0 Å². The fourth-order valence-electron chi connectivity index (χ4n) is 0.636. The molecule has 78 valence electrons. The Morgan fingerprint density at radius 1 is 1.71 bits per heavy atom. The molecule has 14 heavy (non-hydrogen) atoms. The number of hydrogen-bond donors (Lipinski definition) is 1. The fourth-order valence-corrected chi connectivity index (χ4v) is 0.822. The standard InChI is InChI=1S/C9H13O4P/c1-4-5-6-7(2)9(10)13-8(3)14(11)12/h4,6,8H,1,5H2,2-3H3/p+1. The summed E-state index contributed by atoms with van der Waals surface area (Å²) in [6.45, 7) is 6.46. The first-order chi connectivity index (χ1) is 6.49. The number of carbonyl (C=O) groups is 1. The van der Waals surface area contributed by atoms with Crippen molar-refractivity contribution >= 4 is 14.0 Å². The van der Waals surface area contributed by atoms with Crippen molar-refractivity contribution in [3.8, 4) is 0 Å². The second-order valence-corrected chi connectivity index (χ2v) is 4.05. The van der Waals surface area contributed by atoms with E-state index >= 15 is 0 Å². The van der Waals surface area contributed by atoms with Crippen LogP contribution in [0, 0.1) is 0 Å². The highest BCUT2D eigenvalue weighted by Crippen LogP contribution is 2.23. The second-order valence-electron chi connectivity index (χ2n) is 2.72. The number of allylic oxidation sites excluding steroid dienone is 2. The molecule has 0 aliphatic heterocycles. The Kier molecular flexibility index (Phi) is 6.00. The van der Waals surface area contributed by atoms with Gasteiger partial charge in [0.1, 0.15) is 0 Å². The summed E-state index contributed by atoms with van der Waals surface area (Å²) in [7, 11) is -2.47. The first-order valence-electron chi connectivity index (χ1n) is 4.13. The Bertz CT molecular complexity index is 270. The van der Waals surface area contributed by atoms with Crippen molar-refractivity contribution in [3.63, 3.8) is 0 Å². The maximum atomic E-state index is 11.2. The highest BCUT2D eigenvalue weighted by atomic mass is 31.1. The molecule has 0 aliphatic rings. The van der Waals surface area contributed by atoms with Crippen molar-refractivity contribution in [2.24, 2.45) is 0 Å².